The van der Waals surface area contributed by atoms with E-state index in [9.17, 15) is 9.59 Å². The van der Waals surface area contributed by atoms with Crippen molar-refractivity contribution in [3.63, 3.8) is 0 Å². The summed E-state index contributed by atoms with van der Waals surface area (Å²) >= 11 is 0. The van der Waals surface area contributed by atoms with Crippen molar-refractivity contribution in [2.24, 2.45) is 11.8 Å². The maximum atomic E-state index is 11.4. The van der Waals surface area contributed by atoms with Crippen LogP contribution < -0.4 is 0 Å². The molecule has 0 saturated heterocycles. The van der Waals surface area contributed by atoms with Gasteiger partial charge in [-0.15, -0.1) is 0 Å². The zero-order valence-electron chi connectivity index (χ0n) is 16.2. The van der Waals surface area contributed by atoms with E-state index in [2.05, 4.69) is 0 Å². The van der Waals surface area contributed by atoms with Crippen molar-refractivity contribution < 1.29 is 34.0 Å². The third-order valence-electron chi connectivity index (χ3n) is 3.73. The third kappa shape index (κ3) is 16.1. The predicted octanol–water partition coefficient (Wildman–Crippen LogP) is 2.50. The van der Waals surface area contributed by atoms with Crippen LogP contribution in [0, 0.1) is 11.8 Å². The first-order valence-corrected chi connectivity index (χ1v) is 9.13. The molecule has 0 heterocycles. The summed E-state index contributed by atoms with van der Waals surface area (Å²) in [4.78, 5) is 21.6. The van der Waals surface area contributed by atoms with Crippen LogP contribution in [0.3, 0.4) is 0 Å². The van der Waals surface area contributed by atoms with Crippen LogP contribution in [0.25, 0.3) is 0 Å². The first-order chi connectivity index (χ1) is 12.0. The van der Waals surface area contributed by atoms with Gasteiger partial charge in [0.2, 0.25) is 0 Å². The molecule has 0 atom stereocenters. The van der Waals surface area contributed by atoms with Crippen LogP contribution in [-0.4, -0.2) is 61.8 Å². The molecule has 0 radical (unpaired) electrons. The van der Waals surface area contributed by atoms with Crippen molar-refractivity contribution in [1.82, 2.24) is 0 Å². The van der Waals surface area contributed by atoms with E-state index in [0.29, 0.717) is 26.4 Å². The first kappa shape index (κ1) is 26.1. The molecule has 0 aliphatic carbocycles. The molecule has 0 aromatic carbocycles. The van der Waals surface area contributed by atoms with E-state index in [0.717, 1.165) is 25.7 Å². The standard InChI is InChI=1S/C12H24O5.C6H12O2/c1-3-11(4-2)12(14)17-10-9-16-8-7-15-6-5-13;1-3-5(4-2)6(7)8/h11,13H,3-10H2,1-2H3;5H,3-4H2,1-2H3,(H,7,8). The molecule has 0 aliphatic rings. The van der Waals surface area contributed by atoms with E-state index >= 15 is 0 Å². The van der Waals surface area contributed by atoms with Gasteiger partial charge in [0.05, 0.1) is 44.9 Å². The summed E-state index contributed by atoms with van der Waals surface area (Å²) in [5.41, 5.74) is 0. The van der Waals surface area contributed by atoms with Crippen LogP contribution in [0.1, 0.15) is 53.4 Å². The van der Waals surface area contributed by atoms with E-state index in [-0.39, 0.29) is 31.0 Å². The number of carboxylic acid groups (broad SMARTS) is 1. The Kier molecular flexibility index (Phi) is 20.0. The Morgan fingerprint density at radius 3 is 1.56 bits per heavy atom. The lowest BCUT2D eigenvalue weighted by molar-refractivity contribution is -0.150. The van der Waals surface area contributed by atoms with Gasteiger partial charge < -0.3 is 24.4 Å². The number of hydrogen-bond donors (Lipinski definition) is 2. The summed E-state index contributed by atoms with van der Waals surface area (Å²) in [6.45, 7) is 9.65. The van der Waals surface area contributed by atoms with Crippen molar-refractivity contribution >= 4 is 11.9 Å². The molecule has 0 aliphatic heterocycles. The lowest BCUT2D eigenvalue weighted by Crippen LogP contribution is -2.19. The molecule has 0 rings (SSSR count). The highest BCUT2D eigenvalue weighted by molar-refractivity contribution is 5.72. The number of aliphatic hydroxyl groups is 1. The van der Waals surface area contributed by atoms with Crippen molar-refractivity contribution in [2.75, 3.05) is 39.6 Å². The molecule has 150 valence electrons. The van der Waals surface area contributed by atoms with Crippen molar-refractivity contribution in [3.8, 4) is 0 Å². The maximum Gasteiger partial charge on any atom is 0.308 e. The number of carboxylic acids is 1. The van der Waals surface area contributed by atoms with Crippen molar-refractivity contribution in [1.29, 1.82) is 0 Å². The van der Waals surface area contributed by atoms with Gasteiger partial charge in [0.25, 0.3) is 0 Å². The molecule has 0 aromatic heterocycles. The molecule has 7 nitrogen and oxygen atoms in total. The number of carbonyl (C=O) groups is 2. The summed E-state index contributed by atoms with van der Waals surface area (Å²) in [6.07, 6.45) is 3.11. The van der Waals surface area contributed by atoms with Gasteiger partial charge in [0.1, 0.15) is 6.61 Å². The second-order valence-corrected chi connectivity index (χ2v) is 5.48. The van der Waals surface area contributed by atoms with Crippen LogP contribution in [0.4, 0.5) is 0 Å². The Labute approximate surface area is 151 Å². The summed E-state index contributed by atoms with van der Waals surface area (Å²) in [5.74, 6) is -0.942. The smallest absolute Gasteiger partial charge is 0.308 e. The number of aliphatic hydroxyl groups excluding tert-OH is 1. The first-order valence-electron chi connectivity index (χ1n) is 9.13. The molecule has 0 bridgehead atoms. The molecule has 0 unspecified atom stereocenters. The zero-order chi connectivity index (χ0) is 19.5. The van der Waals surface area contributed by atoms with Gasteiger partial charge in [-0.05, 0) is 25.7 Å². The number of esters is 1. The largest absolute Gasteiger partial charge is 0.481 e. The monoisotopic (exact) mass is 364 g/mol. The molecule has 7 heteroatoms. The number of ether oxygens (including phenoxy) is 3. The predicted molar refractivity (Wildman–Crippen MR) is 95.5 cm³/mol. The molecule has 0 amide bonds. The van der Waals surface area contributed by atoms with E-state index in [1.807, 2.05) is 27.7 Å². The molecule has 25 heavy (non-hydrogen) atoms. The average Bonchev–Trinajstić information content (AvgIpc) is 2.59. The summed E-state index contributed by atoms with van der Waals surface area (Å²) in [5, 5.41) is 16.8. The number of carbonyl (C=O) groups excluding carboxylic acids is 1. The SMILES string of the molecule is CCC(CC)C(=O)O.CCC(CC)C(=O)OCCOCCOCCO. The normalized spacial score (nSPS) is 10.5. The Morgan fingerprint density at radius 1 is 0.760 bits per heavy atom. The van der Waals surface area contributed by atoms with Crippen molar-refractivity contribution in [3.05, 3.63) is 0 Å². The number of rotatable bonds is 14. The van der Waals surface area contributed by atoms with Gasteiger partial charge in [-0.3, -0.25) is 9.59 Å². The van der Waals surface area contributed by atoms with E-state index in [4.69, 9.17) is 24.4 Å². The molecule has 0 saturated carbocycles. The fourth-order valence-electron chi connectivity index (χ4n) is 1.97. The summed E-state index contributed by atoms with van der Waals surface area (Å²) < 4.78 is 15.3. The zero-order valence-corrected chi connectivity index (χ0v) is 16.2. The van der Waals surface area contributed by atoms with Gasteiger partial charge in [-0.25, -0.2) is 0 Å². The topological polar surface area (TPSA) is 102 Å². The molecule has 0 spiro atoms. The lowest BCUT2D eigenvalue weighted by atomic mass is 10.0. The molecular formula is C18H36O7. The lowest BCUT2D eigenvalue weighted by Gasteiger charge is -2.11. The van der Waals surface area contributed by atoms with Gasteiger partial charge in [0, 0.05) is 0 Å². The van der Waals surface area contributed by atoms with E-state index in [1.165, 1.54) is 0 Å². The van der Waals surface area contributed by atoms with Gasteiger partial charge in [0.15, 0.2) is 0 Å². The summed E-state index contributed by atoms with van der Waals surface area (Å²) in [7, 11) is 0. The minimum atomic E-state index is -0.671. The highest BCUT2D eigenvalue weighted by Gasteiger charge is 2.14. The van der Waals surface area contributed by atoms with Gasteiger partial charge in [-0.1, -0.05) is 27.7 Å². The Hall–Kier alpha value is -1.18. The second-order valence-electron chi connectivity index (χ2n) is 5.48. The van der Waals surface area contributed by atoms with Crippen LogP contribution >= 0.6 is 0 Å². The van der Waals surface area contributed by atoms with Crippen LogP contribution in [-0.2, 0) is 23.8 Å². The Bertz CT molecular complexity index is 313. The highest BCUT2D eigenvalue weighted by Crippen LogP contribution is 2.09. The van der Waals surface area contributed by atoms with Crippen LogP contribution in [0.2, 0.25) is 0 Å². The van der Waals surface area contributed by atoms with Crippen LogP contribution in [0.15, 0.2) is 0 Å². The summed E-state index contributed by atoms with van der Waals surface area (Å²) in [6, 6.07) is 0. The quantitative estimate of drug-likeness (QED) is 0.360. The molecular weight excluding hydrogens is 328 g/mol. The fourth-order valence-corrected chi connectivity index (χ4v) is 1.97. The molecule has 2 N–H and O–H groups in total. The van der Waals surface area contributed by atoms with Gasteiger partial charge >= 0.3 is 11.9 Å². The average molecular weight is 364 g/mol. The third-order valence-corrected chi connectivity index (χ3v) is 3.73. The van der Waals surface area contributed by atoms with E-state index < -0.39 is 5.97 Å². The van der Waals surface area contributed by atoms with Crippen LogP contribution in [0.5, 0.6) is 0 Å². The minimum Gasteiger partial charge on any atom is -0.481 e. The molecule has 0 fully saturated rings. The Morgan fingerprint density at radius 2 is 1.20 bits per heavy atom. The maximum absolute atomic E-state index is 11.4. The number of aliphatic carboxylic acids is 1. The molecule has 0 aromatic rings. The van der Waals surface area contributed by atoms with Gasteiger partial charge in [-0.2, -0.15) is 0 Å². The second kappa shape index (κ2) is 19.1. The van der Waals surface area contributed by atoms with E-state index in [1.54, 1.807) is 0 Å². The Balaban J connectivity index is 0. The highest BCUT2D eigenvalue weighted by atomic mass is 16.6. The fraction of sp³-hybridized carbons (Fsp3) is 0.889. The minimum absolute atomic E-state index is 0.00267. The van der Waals surface area contributed by atoms with Crippen molar-refractivity contribution in [2.45, 2.75) is 53.4 Å². The number of hydrogen-bond acceptors (Lipinski definition) is 6.